The summed E-state index contributed by atoms with van der Waals surface area (Å²) in [6, 6.07) is 9.52. The predicted octanol–water partition coefficient (Wildman–Crippen LogP) is 0.385. The molecule has 220 valence electrons. The molecular formula is C31H39N3O7. The van der Waals surface area contributed by atoms with Crippen molar-refractivity contribution in [2.24, 2.45) is 47.2 Å². The van der Waals surface area contributed by atoms with Crippen molar-refractivity contribution in [3.05, 3.63) is 35.4 Å². The number of aliphatic hydroxyl groups is 3. The smallest absolute Gasteiger partial charge is 0.235 e. The molecule has 4 aliphatic rings. The monoisotopic (exact) mass is 565 g/mol. The maximum Gasteiger partial charge on any atom is 0.235 e. The summed E-state index contributed by atoms with van der Waals surface area (Å²) < 4.78 is 0. The summed E-state index contributed by atoms with van der Waals surface area (Å²) in [6.45, 7) is 0. The van der Waals surface area contributed by atoms with Crippen molar-refractivity contribution in [2.75, 3.05) is 14.1 Å². The van der Waals surface area contributed by atoms with E-state index in [9.17, 15) is 34.5 Å². The number of nitrogens with zero attached hydrogens (tertiary/aromatic N) is 2. The Hall–Kier alpha value is -2.97. The zero-order chi connectivity index (χ0) is 29.8. The van der Waals surface area contributed by atoms with Crippen LogP contribution < -0.4 is 5.73 Å². The maximum atomic E-state index is 14.1. The number of carbonyl (C=O) groups is 4. The number of amides is 1. The zero-order valence-electron chi connectivity index (χ0n) is 23.5. The molecule has 4 saturated carbocycles. The fourth-order valence-electron chi connectivity index (χ4n) is 8.57. The van der Waals surface area contributed by atoms with Crippen LogP contribution in [0.3, 0.4) is 0 Å². The number of benzene rings is 1. The Kier molecular flexibility index (Phi) is 7.94. The van der Waals surface area contributed by atoms with Crippen molar-refractivity contribution in [3.8, 4) is 6.07 Å². The lowest BCUT2D eigenvalue weighted by molar-refractivity contribution is -0.210. The SMILES string of the molecule is CN(C)C1CC(CCCc2ccc(C#N)cc2)C(O)C2C(=O)C3C(O)[C@]4(O)C(=O)C(C(N)=O)C(=O)C[C@@H]4C[C@@H]3CC21. The number of primary amides is 1. The molecule has 0 heterocycles. The van der Waals surface area contributed by atoms with Crippen LogP contribution in [0, 0.1) is 52.8 Å². The van der Waals surface area contributed by atoms with E-state index < -0.39 is 59.0 Å². The number of aliphatic hydroxyl groups excluding tert-OH is 2. The number of nitriles is 1. The first kappa shape index (κ1) is 29.5. The van der Waals surface area contributed by atoms with Gasteiger partial charge in [-0.15, -0.1) is 0 Å². The summed E-state index contributed by atoms with van der Waals surface area (Å²) in [4.78, 5) is 53.9. The third-order valence-corrected chi connectivity index (χ3v) is 10.6. The number of hydrogen-bond donors (Lipinski definition) is 4. The second-order valence-corrected chi connectivity index (χ2v) is 12.9. The number of hydrogen-bond acceptors (Lipinski definition) is 9. The van der Waals surface area contributed by atoms with E-state index in [0.717, 1.165) is 18.4 Å². The van der Waals surface area contributed by atoms with E-state index in [1.165, 1.54) is 0 Å². The largest absolute Gasteiger partial charge is 0.392 e. The zero-order valence-corrected chi connectivity index (χ0v) is 23.5. The number of nitrogens with two attached hydrogens (primary N) is 1. The van der Waals surface area contributed by atoms with E-state index in [2.05, 4.69) is 11.0 Å². The second-order valence-electron chi connectivity index (χ2n) is 12.9. The van der Waals surface area contributed by atoms with E-state index in [1.54, 1.807) is 12.1 Å². The Morgan fingerprint density at radius 1 is 1.10 bits per heavy atom. The maximum absolute atomic E-state index is 14.1. The van der Waals surface area contributed by atoms with Crippen molar-refractivity contribution in [3.63, 3.8) is 0 Å². The molecule has 1 aromatic rings. The van der Waals surface area contributed by atoms with Gasteiger partial charge < -0.3 is 26.0 Å². The summed E-state index contributed by atoms with van der Waals surface area (Å²) in [7, 11) is 3.92. The Morgan fingerprint density at radius 3 is 2.39 bits per heavy atom. The molecule has 4 fully saturated rings. The minimum absolute atomic E-state index is 0.0139. The van der Waals surface area contributed by atoms with Crippen LogP contribution in [0.2, 0.25) is 0 Å². The highest BCUT2D eigenvalue weighted by molar-refractivity contribution is 6.22. The fourth-order valence-corrected chi connectivity index (χ4v) is 8.57. The molecule has 0 aromatic heterocycles. The summed E-state index contributed by atoms with van der Waals surface area (Å²) in [5.41, 5.74) is 4.56. The Bertz CT molecular complexity index is 1270. The number of fused-ring (bicyclic) bond motifs is 3. The summed E-state index contributed by atoms with van der Waals surface area (Å²) in [5.74, 6) is -8.60. The van der Waals surface area contributed by atoms with Gasteiger partial charge >= 0.3 is 0 Å². The highest BCUT2D eigenvalue weighted by Gasteiger charge is 2.67. The molecule has 0 aliphatic heterocycles. The van der Waals surface area contributed by atoms with E-state index in [-0.39, 0.29) is 42.4 Å². The van der Waals surface area contributed by atoms with Gasteiger partial charge in [-0.2, -0.15) is 5.26 Å². The molecule has 4 aliphatic carbocycles. The van der Waals surface area contributed by atoms with Crippen LogP contribution in [0.25, 0.3) is 0 Å². The van der Waals surface area contributed by atoms with Crippen LogP contribution in [-0.4, -0.2) is 81.4 Å². The third kappa shape index (κ3) is 4.83. The number of ketones is 3. The van der Waals surface area contributed by atoms with Gasteiger partial charge in [-0.1, -0.05) is 12.1 Å². The predicted molar refractivity (Wildman–Crippen MR) is 146 cm³/mol. The molecule has 1 aromatic carbocycles. The third-order valence-electron chi connectivity index (χ3n) is 10.6. The van der Waals surface area contributed by atoms with E-state index in [4.69, 9.17) is 11.0 Å². The van der Waals surface area contributed by atoms with E-state index >= 15 is 0 Å². The first-order chi connectivity index (χ1) is 19.4. The van der Waals surface area contributed by atoms with Crippen LogP contribution in [0.5, 0.6) is 0 Å². The first-order valence-corrected chi connectivity index (χ1v) is 14.5. The minimum Gasteiger partial charge on any atom is -0.392 e. The molecule has 10 heteroatoms. The average molecular weight is 566 g/mol. The molecule has 0 saturated heterocycles. The number of carbonyl (C=O) groups excluding carboxylic acids is 4. The number of aryl methyl sites for hydroxylation is 1. The molecule has 41 heavy (non-hydrogen) atoms. The summed E-state index contributed by atoms with van der Waals surface area (Å²) >= 11 is 0. The van der Waals surface area contributed by atoms with Crippen molar-refractivity contribution in [2.45, 2.75) is 68.8 Å². The Labute approximate surface area is 239 Å². The molecule has 0 bridgehead atoms. The summed E-state index contributed by atoms with van der Waals surface area (Å²) in [6.07, 6.45) is 0.669. The van der Waals surface area contributed by atoms with Crippen molar-refractivity contribution in [1.29, 1.82) is 5.26 Å². The molecule has 8 unspecified atom stereocenters. The highest BCUT2D eigenvalue weighted by Crippen LogP contribution is 2.55. The fraction of sp³-hybridized carbons (Fsp3) is 0.645. The van der Waals surface area contributed by atoms with Gasteiger partial charge in [0.15, 0.2) is 23.1 Å². The lowest BCUT2D eigenvalue weighted by Gasteiger charge is -2.58. The van der Waals surface area contributed by atoms with Crippen molar-refractivity contribution < 1.29 is 34.5 Å². The van der Waals surface area contributed by atoms with Gasteiger partial charge in [-0.25, -0.2) is 0 Å². The molecule has 5 rings (SSSR count). The Balaban J connectivity index is 1.37. The quantitative estimate of drug-likeness (QED) is 0.355. The lowest BCUT2D eigenvalue weighted by Crippen LogP contribution is -2.72. The van der Waals surface area contributed by atoms with Crippen molar-refractivity contribution in [1.82, 2.24) is 4.90 Å². The number of Topliss-reactive ketones (excluding diaryl/α,β-unsaturated/α-hetero) is 3. The summed E-state index contributed by atoms with van der Waals surface area (Å²) in [5, 5.41) is 43.6. The van der Waals surface area contributed by atoms with Gasteiger partial charge in [0.2, 0.25) is 5.91 Å². The van der Waals surface area contributed by atoms with Gasteiger partial charge in [0.1, 0.15) is 11.9 Å². The second kappa shape index (κ2) is 11.0. The van der Waals surface area contributed by atoms with Crippen LogP contribution in [0.4, 0.5) is 0 Å². The van der Waals surface area contributed by atoms with Crippen LogP contribution in [0.1, 0.15) is 49.7 Å². The normalized spacial score (nSPS) is 40.4. The molecular weight excluding hydrogens is 526 g/mol. The van der Waals surface area contributed by atoms with E-state index in [0.29, 0.717) is 24.8 Å². The van der Waals surface area contributed by atoms with Gasteiger partial charge in [0.25, 0.3) is 0 Å². The molecule has 0 spiro atoms. The van der Waals surface area contributed by atoms with Crippen LogP contribution in [0.15, 0.2) is 24.3 Å². The molecule has 1 amide bonds. The highest BCUT2D eigenvalue weighted by atomic mass is 16.4. The standard InChI is InChI=1S/C31H39N3O7/c1-34(2)21-12-17(5-3-4-15-6-8-16(14-32)9-7-15)26(36)24-20(21)11-18-10-19-13-22(35)25(30(33)40)29(39)31(19,41)28(38)23(18)27(24)37/h6-9,17-21,23-26,28,36,38,41H,3-5,10-13H2,1-2H3,(H2,33,40)/t17?,18-,19+,20?,21?,23?,24?,25?,26?,28?,31+/m1/s1. The van der Waals surface area contributed by atoms with Crippen LogP contribution >= 0.6 is 0 Å². The van der Waals surface area contributed by atoms with Gasteiger partial charge in [0, 0.05) is 24.3 Å². The first-order valence-electron chi connectivity index (χ1n) is 14.5. The van der Waals surface area contributed by atoms with Gasteiger partial charge in [0.05, 0.1) is 23.7 Å². The van der Waals surface area contributed by atoms with Gasteiger partial charge in [-0.05, 0) is 88.1 Å². The van der Waals surface area contributed by atoms with Crippen LogP contribution in [-0.2, 0) is 25.6 Å². The number of rotatable bonds is 6. The average Bonchev–Trinajstić information content (AvgIpc) is 2.91. The van der Waals surface area contributed by atoms with E-state index in [1.807, 2.05) is 26.2 Å². The van der Waals surface area contributed by atoms with Crippen molar-refractivity contribution >= 4 is 23.3 Å². The molecule has 11 atom stereocenters. The lowest BCUT2D eigenvalue weighted by atomic mass is 9.48. The topological polar surface area (TPSA) is 182 Å². The molecule has 10 nitrogen and oxygen atoms in total. The minimum atomic E-state index is -2.42. The Morgan fingerprint density at radius 2 is 1.78 bits per heavy atom. The molecule has 5 N–H and O–H groups in total. The van der Waals surface area contributed by atoms with Gasteiger partial charge in [-0.3, -0.25) is 19.2 Å². The molecule has 0 radical (unpaired) electrons.